The zero-order valence-electron chi connectivity index (χ0n) is 11.5. The van der Waals surface area contributed by atoms with Gasteiger partial charge in [0.25, 0.3) is 5.79 Å². The van der Waals surface area contributed by atoms with Gasteiger partial charge in [0, 0.05) is 18.3 Å². The maximum Gasteiger partial charge on any atom is 0.348 e. The summed E-state index contributed by atoms with van der Waals surface area (Å²) >= 11 is 5.48. The number of hydrogen-bond acceptors (Lipinski definition) is 5. The lowest BCUT2D eigenvalue weighted by Gasteiger charge is -2.29. The first kappa shape index (κ1) is 16.3. The van der Waals surface area contributed by atoms with Crippen LogP contribution in [0.2, 0.25) is 0 Å². The summed E-state index contributed by atoms with van der Waals surface area (Å²) in [6.45, 7) is 3.01. The van der Waals surface area contributed by atoms with Crippen LogP contribution in [0.5, 0.6) is 5.75 Å². The maximum absolute atomic E-state index is 11.9. The van der Waals surface area contributed by atoms with Crippen molar-refractivity contribution in [2.75, 3.05) is 7.11 Å². The molecule has 1 heterocycles. The van der Waals surface area contributed by atoms with Crippen molar-refractivity contribution in [1.29, 1.82) is 0 Å². The predicted octanol–water partition coefficient (Wildman–Crippen LogP) is 3.28. The number of benzene rings is 1. The number of cyclic esters (lactones) is 2. The number of methoxy groups -OCH3 is 1. The molecule has 1 aromatic rings. The van der Waals surface area contributed by atoms with Gasteiger partial charge in [-0.1, -0.05) is 15.9 Å². The molecule has 0 N–H and O–H groups in total. The van der Waals surface area contributed by atoms with Crippen molar-refractivity contribution in [1.82, 2.24) is 0 Å². The molecule has 2 rings (SSSR count). The molecule has 5 nitrogen and oxygen atoms in total. The SMILES string of the molecule is COc1cc(Br)c(C=C2C(=O)OC(C)(C)OC2=O)cc1I. The Morgan fingerprint density at radius 3 is 2.33 bits per heavy atom. The third kappa shape index (κ3) is 3.57. The van der Waals surface area contributed by atoms with Crippen LogP contribution in [-0.2, 0) is 19.1 Å². The number of carbonyl (C=O) groups excluding carboxylic acids is 2. The first-order valence-electron chi connectivity index (χ1n) is 5.95. The van der Waals surface area contributed by atoms with E-state index in [-0.39, 0.29) is 5.57 Å². The van der Waals surface area contributed by atoms with Gasteiger partial charge >= 0.3 is 11.9 Å². The highest BCUT2D eigenvalue weighted by Gasteiger charge is 2.38. The molecule has 0 aromatic heterocycles. The van der Waals surface area contributed by atoms with Gasteiger partial charge in [-0.3, -0.25) is 0 Å². The van der Waals surface area contributed by atoms with E-state index in [1.54, 1.807) is 19.2 Å². The minimum Gasteiger partial charge on any atom is -0.496 e. The Kier molecular flexibility index (Phi) is 4.62. The Morgan fingerprint density at radius 2 is 1.81 bits per heavy atom. The summed E-state index contributed by atoms with van der Waals surface area (Å²) in [5.41, 5.74) is 0.514. The zero-order chi connectivity index (χ0) is 15.8. The van der Waals surface area contributed by atoms with Gasteiger partial charge < -0.3 is 14.2 Å². The maximum atomic E-state index is 11.9. The minimum atomic E-state index is -1.24. The van der Waals surface area contributed by atoms with E-state index in [1.165, 1.54) is 19.9 Å². The molecule has 0 aliphatic carbocycles. The van der Waals surface area contributed by atoms with E-state index in [9.17, 15) is 9.59 Å². The number of halogens is 2. The summed E-state index contributed by atoms with van der Waals surface area (Å²) in [6, 6.07) is 3.55. The van der Waals surface area contributed by atoms with Crippen LogP contribution in [0.15, 0.2) is 22.2 Å². The van der Waals surface area contributed by atoms with E-state index in [0.29, 0.717) is 15.8 Å². The standard InChI is InChI=1S/C14H12BrIO5/c1-14(2)20-12(17)8(13(18)21-14)4-7-5-10(16)11(19-3)6-9(7)15/h4-6H,1-3H3. The van der Waals surface area contributed by atoms with Crippen molar-refractivity contribution in [3.05, 3.63) is 31.3 Å². The van der Waals surface area contributed by atoms with Crippen LogP contribution in [0.1, 0.15) is 19.4 Å². The lowest BCUT2D eigenvalue weighted by atomic mass is 10.1. The van der Waals surface area contributed by atoms with Gasteiger partial charge in [-0.05, 0) is 46.4 Å². The average molecular weight is 467 g/mol. The molecular formula is C14H12BrIO5. The van der Waals surface area contributed by atoms with Gasteiger partial charge in [0.15, 0.2) is 0 Å². The summed E-state index contributed by atoms with van der Waals surface area (Å²) in [5, 5.41) is 0. The van der Waals surface area contributed by atoms with E-state index in [2.05, 4.69) is 38.5 Å². The van der Waals surface area contributed by atoms with Crippen molar-refractivity contribution >= 4 is 56.5 Å². The molecule has 1 saturated heterocycles. The number of ether oxygens (including phenoxy) is 3. The van der Waals surface area contributed by atoms with Gasteiger partial charge in [0.1, 0.15) is 11.3 Å². The van der Waals surface area contributed by atoms with Crippen molar-refractivity contribution in [2.24, 2.45) is 0 Å². The van der Waals surface area contributed by atoms with Crippen LogP contribution in [-0.4, -0.2) is 24.8 Å². The smallest absolute Gasteiger partial charge is 0.348 e. The molecule has 1 aliphatic rings. The molecule has 0 atom stereocenters. The molecule has 0 spiro atoms. The highest BCUT2D eigenvalue weighted by atomic mass is 127. The number of esters is 2. The van der Waals surface area contributed by atoms with Crippen LogP contribution in [0.3, 0.4) is 0 Å². The van der Waals surface area contributed by atoms with Gasteiger partial charge in [0.2, 0.25) is 0 Å². The third-order valence-electron chi connectivity index (χ3n) is 2.69. The third-order valence-corrected chi connectivity index (χ3v) is 4.22. The predicted molar refractivity (Wildman–Crippen MR) is 87.7 cm³/mol. The first-order valence-corrected chi connectivity index (χ1v) is 7.82. The Balaban J connectivity index is 2.42. The first-order chi connectivity index (χ1) is 9.73. The lowest BCUT2D eigenvalue weighted by molar-refractivity contribution is -0.222. The average Bonchev–Trinajstić information content (AvgIpc) is 2.36. The molecule has 0 unspecified atom stereocenters. The van der Waals surface area contributed by atoms with Crippen molar-refractivity contribution in [2.45, 2.75) is 19.6 Å². The van der Waals surface area contributed by atoms with E-state index < -0.39 is 17.7 Å². The Hall–Kier alpha value is -1.09. The number of hydrogen-bond donors (Lipinski definition) is 0. The number of carbonyl (C=O) groups is 2. The summed E-state index contributed by atoms with van der Waals surface area (Å²) in [7, 11) is 1.57. The second-order valence-corrected chi connectivity index (χ2v) is 6.76. The normalized spacial score (nSPS) is 17.1. The molecule has 21 heavy (non-hydrogen) atoms. The molecule has 112 valence electrons. The molecule has 1 fully saturated rings. The molecular weight excluding hydrogens is 455 g/mol. The van der Waals surface area contributed by atoms with E-state index in [1.807, 2.05) is 0 Å². The van der Waals surface area contributed by atoms with Crippen LogP contribution in [0.4, 0.5) is 0 Å². The van der Waals surface area contributed by atoms with Gasteiger partial charge in [-0.2, -0.15) is 0 Å². The fourth-order valence-electron chi connectivity index (χ4n) is 1.74. The highest BCUT2D eigenvalue weighted by molar-refractivity contribution is 14.1. The molecule has 0 amide bonds. The molecule has 1 aliphatic heterocycles. The fraction of sp³-hybridized carbons (Fsp3) is 0.286. The quantitative estimate of drug-likeness (QED) is 0.290. The van der Waals surface area contributed by atoms with Crippen LogP contribution >= 0.6 is 38.5 Å². The topological polar surface area (TPSA) is 61.8 Å². The van der Waals surface area contributed by atoms with Crippen molar-refractivity contribution in [3.63, 3.8) is 0 Å². The Morgan fingerprint density at radius 1 is 1.24 bits per heavy atom. The van der Waals surface area contributed by atoms with Crippen LogP contribution < -0.4 is 4.74 Å². The summed E-state index contributed by atoms with van der Waals surface area (Å²) in [5.74, 6) is -1.95. The lowest BCUT2D eigenvalue weighted by Crippen LogP contribution is -2.41. The molecule has 0 radical (unpaired) electrons. The van der Waals surface area contributed by atoms with Gasteiger partial charge in [0.05, 0.1) is 10.7 Å². The molecule has 7 heteroatoms. The monoisotopic (exact) mass is 466 g/mol. The summed E-state index contributed by atoms with van der Waals surface area (Å²) in [6.07, 6.45) is 1.44. The molecule has 1 aromatic carbocycles. The minimum absolute atomic E-state index is 0.143. The van der Waals surface area contributed by atoms with E-state index in [0.717, 1.165) is 3.57 Å². The van der Waals surface area contributed by atoms with E-state index >= 15 is 0 Å². The number of rotatable bonds is 2. The zero-order valence-corrected chi connectivity index (χ0v) is 15.3. The van der Waals surface area contributed by atoms with E-state index in [4.69, 9.17) is 14.2 Å². The molecule has 0 bridgehead atoms. The fourth-order valence-corrected chi connectivity index (χ4v) is 2.89. The summed E-state index contributed by atoms with van der Waals surface area (Å²) in [4.78, 5) is 23.8. The Bertz CT molecular complexity index is 629. The van der Waals surface area contributed by atoms with Crippen LogP contribution in [0, 0.1) is 3.57 Å². The van der Waals surface area contributed by atoms with Gasteiger partial charge in [-0.25, -0.2) is 9.59 Å². The summed E-state index contributed by atoms with van der Waals surface area (Å²) < 4.78 is 16.8. The second-order valence-electron chi connectivity index (χ2n) is 4.75. The highest BCUT2D eigenvalue weighted by Crippen LogP contribution is 2.31. The largest absolute Gasteiger partial charge is 0.496 e. The van der Waals surface area contributed by atoms with Crippen molar-refractivity contribution < 1.29 is 23.8 Å². The second kappa shape index (κ2) is 5.96. The van der Waals surface area contributed by atoms with Crippen LogP contribution in [0.25, 0.3) is 6.08 Å². The Labute approximate surface area is 143 Å². The van der Waals surface area contributed by atoms with Gasteiger partial charge in [-0.15, -0.1) is 0 Å². The van der Waals surface area contributed by atoms with Crippen molar-refractivity contribution in [3.8, 4) is 5.75 Å². The molecule has 0 saturated carbocycles.